The molecule has 0 saturated heterocycles. The number of carbonyl (C=O) groups is 2. The van der Waals surface area contributed by atoms with E-state index in [1.165, 1.54) is 135 Å². The lowest BCUT2D eigenvalue weighted by Crippen LogP contribution is -2.17. The largest absolute Gasteiger partial charge is 0.465 e. The molecule has 3 unspecified atom stereocenters. The second-order valence-corrected chi connectivity index (χ2v) is 16.7. The molecule has 3 atom stereocenters. The molecular weight excluding hydrogens is 641 g/mol. The van der Waals surface area contributed by atoms with Gasteiger partial charge in [-0.05, 0) is 90.8 Å². The van der Waals surface area contributed by atoms with Gasteiger partial charge < -0.3 is 15.0 Å². The molecule has 5 nitrogen and oxygen atoms in total. The van der Waals surface area contributed by atoms with E-state index in [2.05, 4.69) is 46.7 Å². The molecule has 0 amide bonds. The monoisotopic (exact) mass is 733 g/mol. The van der Waals surface area contributed by atoms with E-state index in [1.54, 1.807) is 0 Å². The van der Waals surface area contributed by atoms with E-state index in [9.17, 15) is 9.59 Å². The van der Waals surface area contributed by atoms with Crippen LogP contribution in [0.2, 0.25) is 0 Å². The van der Waals surface area contributed by atoms with Crippen LogP contribution in [0.15, 0.2) is 0 Å². The number of carbonyl (C=O) groups excluding carboxylic acids is 2. The molecule has 0 aromatic carbocycles. The maximum atomic E-state index is 12.6. The van der Waals surface area contributed by atoms with Crippen LogP contribution in [0.5, 0.6) is 0 Å². The fraction of sp³-hybridized carbons (Fsp3) is 0.936. The lowest BCUT2D eigenvalue weighted by Gasteiger charge is -2.18. The standard InChI is InChI=1S/C47H92N2O3/c1-7-11-25-34-43(9-3)46(50)37-29-23-19-15-13-14-17-21-27-32-42(38-39-45(48)36-31-40-49(5)6)33-28-22-18-16-20-24-30-41-52-47(51)44(10-4)35-26-12-8-2/h42-44,48H,7-41H2,1-6H3. The first-order chi connectivity index (χ1) is 25.3. The van der Waals surface area contributed by atoms with Crippen LogP contribution in [0, 0.1) is 23.2 Å². The molecule has 52 heavy (non-hydrogen) atoms. The van der Waals surface area contributed by atoms with Crippen LogP contribution >= 0.6 is 0 Å². The van der Waals surface area contributed by atoms with Gasteiger partial charge >= 0.3 is 5.97 Å². The third kappa shape index (κ3) is 32.2. The third-order valence-electron chi connectivity index (χ3n) is 11.6. The van der Waals surface area contributed by atoms with Crippen molar-refractivity contribution in [2.75, 3.05) is 27.2 Å². The Morgan fingerprint density at radius 1 is 0.500 bits per heavy atom. The highest BCUT2D eigenvalue weighted by Crippen LogP contribution is 2.25. The van der Waals surface area contributed by atoms with E-state index >= 15 is 0 Å². The van der Waals surface area contributed by atoms with Gasteiger partial charge in [-0.15, -0.1) is 0 Å². The van der Waals surface area contributed by atoms with Crippen molar-refractivity contribution in [2.45, 2.75) is 240 Å². The first kappa shape index (κ1) is 50.8. The molecule has 1 N–H and O–H groups in total. The number of ketones is 1. The van der Waals surface area contributed by atoms with E-state index in [0.717, 1.165) is 95.2 Å². The zero-order chi connectivity index (χ0) is 38.5. The smallest absolute Gasteiger partial charge is 0.308 e. The maximum absolute atomic E-state index is 12.6. The van der Waals surface area contributed by atoms with E-state index in [1.807, 2.05) is 0 Å². The normalized spacial score (nSPS) is 13.4. The number of ether oxygens (including phenoxy) is 1. The quantitative estimate of drug-likeness (QED) is 0.0386. The van der Waals surface area contributed by atoms with Crippen molar-refractivity contribution >= 4 is 17.5 Å². The van der Waals surface area contributed by atoms with Crippen LogP contribution in [-0.2, 0) is 14.3 Å². The summed E-state index contributed by atoms with van der Waals surface area (Å²) in [4.78, 5) is 27.2. The third-order valence-corrected chi connectivity index (χ3v) is 11.6. The molecule has 5 heteroatoms. The summed E-state index contributed by atoms with van der Waals surface area (Å²) in [5.74, 6) is 1.75. The lowest BCUT2D eigenvalue weighted by molar-refractivity contribution is -0.149. The molecule has 0 heterocycles. The second kappa shape index (κ2) is 38.1. The van der Waals surface area contributed by atoms with Gasteiger partial charge in [-0.25, -0.2) is 0 Å². The molecule has 0 aliphatic rings. The average molecular weight is 733 g/mol. The molecule has 0 saturated carbocycles. The molecule has 0 aliphatic carbocycles. The average Bonchev–Trinajstić information content (AvgIpc) is 3.13. The highest BCUT2D eigenvalue weighted by atomic mass is 16.5. The summed E-state index contributed by atoms with van der Waals surface area (Å²) in [5, 5.41) is 8.52. The zero-order valence-electron chi connectivity index (χ0n) is 36.2. The Balaban J connectivity index is 4.16. The molecular formula is C47H92N2O3. The van der Waals surface area contributed by atoms with Crippen LogP contribution in [0.25, 0.3) is 0 Å². The van der Waals surface area contributed by atoms with Gasteiger partial charge in [0.1, 0.15) is 5.78 Å². The predicted molar refractivity (Wildman–Crippen MR) is 228 cm³/mol. The number of rotatable bonds is 41. The minimum atomic E-state index is 0.0296. The molecule has 0 bridgehead atoms. The van der Waals surface area contributed by atoms with Crippen molar-refractivity contribution in [3.05, 3.63) is 0 Å². The van der Waals surface area contributed by atoms with Gasteiger partial charge in [0.2, 0.25) is 0 Å². The summed E-state index contributed by atoms with van der Waals surface area (Å²) in [6, 6.07) is 0. The fourth-order valence-electron chi connectivity index (χ4n) is 7.79. The first-order valence-corrected chi connectivity index (χ1v) is 23.2. The number of nitrogens with zero attached hydrogens (tertiary/aromatic N) is 1. The molecule has 308 valence electrons. The van der Waals surface area contributed by atoms with Crippen LogP contribution in [0.1, 0.15) is 240 Å². The number of hydrogen-bond donors (Lipinski definition) is 1. The Labute approximate surface area is 325 Å². The summed E-state index contributed by atoms with van der Waals surface area (Å²) in [5.41, 5.74) is 0.959. The molecule has 0 aliphatic heterocycles. The van der Waals surface area contributed by atoms with Crippen molar-refractivity contribution in [1.82, 2.24) is 4.90 Å². The number of nitrogens with one attached hydrogen (secondary N) is 1. The van der Waals surface area contributed by atoms with Crippen molar-refractivity contribution in [2.24, 2.45) is 17.8 Å². The molecule has 0 aromatic rings. The molecule has 0 aromatic heterocycles. The Morgan fingerprint density at radius 3 is 1.46 bits per heavy atom. The van der Waals surface area contributed by atoms with Gasteiger partial charge in [-0.2, -0.15) is 0 Å². The SMILES string of the molecule is CCCCCC(CC)C(=O)CCCCCCCCCCCC(CCCCCCCCCOC(=O)C(CC)CCCCC)CCC(=N)CCCN(C)C. The van der Waals surface area contributed by atoms with Crippen molar-refractivity contribution in [3.63, 3.8) is 0 Å². The second-order valence-electron chi connectivity index (χ2n) is 16.7. The highest BCUT2D eigenvalue weighted by molar-refractivity contribution is 5.81. The van der Waals surface area contributed by atoms with Gasteiger partial charge in [0.05, 0.1) is 12.5 Å². The number of Topliss-reactive ketones (excluding diaryl/α,β-unsaturated/α-hetero) is 1. The Morgan fingerprint density at radius 2 is 0.962 bits per heavy atom. The van der Waals surface area contributed by atoms with Gasteiger partial charge in [0, 0.05) is 18.1 Å². The summed E-state index contributed by atoms with van der Waals surface area (Å²) in [6.07, 6.45) is 39.4. The van der Waals surface area contributed by atoms with Crippen LogP contribution < -0.4 is 0 Å². The van der Waals surface area contributed by atoms with Crippen LogP contribution in [0.3, 0.4) is 0 Å². The molecule has 0 radical (unpaired) electrons. The summed E-state index contributed by atoms with van der Waals surface area (Å²) in [6.45, 7) is 10.4. The molecule has 0 rings (SSSR count). The number of esters is 1. The molecule has 0 fully saturated rings. The molecule has 0 spiro atoms. The van der Waals surface area contributed by atoms with E-state index in [0.29, 0.717) is 18.3 Å². The van der Waals surface area contributed by atoms with E-state index in [-0.39, 0.29) is 11.9 Å². The van der Waals surface area contributed by atoms with Gasteiger partial charge in [0.15, 0.2) is 0 Å². The Kier molecular flexibility index (Phi) is 37.2. The van der Waals surface area contributed by atoms with Crippen molar-refractivity contribution < 1.29 is 14.3 Å². The first-order valence-electron chi connectivity index (χ1n) is 23.2. The van der Waals surface area contributed by atoms with Gasteiger partial charge in [-0.1, -0.05) is 169 Å². The number of unbranched alkanes of at least 4 members (excludes halogenated alkanes) is 18. The fourth-order valence-corrected chi connectivity index (χ4v) is 7.79. The Hall–Kier alpha value is -1.23. The lowest BCUT2D eigenvalue weighted by atomic mass is 9.89. The van der Waals surface area contributed by atoms with Crippen molar-refractivity contribution in [1.29, 1.82) is 5.41 Å². The minimum Gasteiger partial charge on any atom is -0.465 e. The van der Waals surface area contributed by atoms with Gasteiger partial charge in [0.25, 0.3) is 0 Å². The summed E-state index contributed by atoms with van der Waals surface area (Å²) >= 11 is 0. The summed E-state index contributed by atoms with van der Waals surface area (Å²) in [7, 11) is 4.24. The minimum absolute atomic E-state index is 0.0296. The van der Waals surface area contributed by atoms with E-state index < -0.39 is 0 Å². The highest BCUT2D eigenvalue weighted by Gasteiger charge is 2.17. The maximum Gasteiger partial charge on any atom is 0.308 e. The topological polar surface area (TPSA) is 70.5 Å². The number of hydrogen-bond acceptors (Lipinski definition) is 5. The van der Waals surface area contributed by atoms with Crippen LogP contribution in [-0.4, -0.2) is 49.6 Å². The van der Waals surface area contributed by atoms with Crippen molar-refractivity contribution in [3.8, 4) is 0 Å². The van der Waals surface area contributed by atoms with E-state index in [4.69, 9.17) is 10.1 Å². The summed E-state index contributed by atoms with van der Waals surface area (Å²) < 4.78 is 5.61. The zero-order valence-corrected chi connectivity index (χ0v) is 36.2. The van der Waals surface area contributed by atoms with Crippen LogP contribution in [0.4, 0.5) is 0 Å². The predicted octanol–water partition coefficient (Wildman–Crippen LogP) is 14.5. The van der Waals surface area contributed by atoms with Gasteiger partial charge in [-0.3, -0.25) is 9.59 Å². The Bertz CT molecular complexity index is 812.